The van der Waals surface area contributed by atoms with Crippen LogP contribution in [0.2, 0.25) is 0 Å². The van der Waals surface area contributed by atoms with Gasteiger partial charge in [0.15, 0.2) is 0 Å². The standard InChI is InChI=1S/C9H11BrN2O/c1-12(2)8-4-3-6(9(11)13)5-7(8)10/h3-5H,1-2H3,(H2,11,13). The smallest absolute Gasteiger partial charge is 0.248 e. The fraction of sp³-hybridized carbons (Fsp3) is 0.222. The molecule has 0 saturated carbocycles. The molecule has 0 aromatic heterocycles. The number of nitrogens with zero attached hydrogens (tertiary/aromatic N) is 1. The summed E-state index contributed by atoms with van der Waals surface area (Å²) in [7, 11) is 3.87. The van der Waals surface area contributed by atoms with Gasteiger partial charge in [-0.2, -0.15) is 0 Å². The molecule has 0 spiro atoms. The van der Waals surface area contributed by atoms with E-state index in [1.54, 1.807) is 12.1 Å². The molecule has 0 heterocycles. The highest BCUT2D eigenvalue weighted by atomic mass is 79.9. The van der Waals surface area contributed by atoms with E-state index < -0.39 is 5.91 Å². The number of anilines is 1. The quantitative estimate of drug-likeness (QED) is 0.857. The van der Waals surface area contributed by atoms with Crippen molar-refractivity contribution in [2.75, 3.05) is 19.0 Å². The van der Waals surface area contributed by atoms with Gasteiger partial charge in [0, 0.05) is 24.1 Å². The predicted molar refractivity (Wildman–Crippen MR) is 57.0 cm³/mol. The van der Waals surface area contributed by atoms with Gasteiger partial charge in [0.05, 0.1) is 5.69 Å². The molecule has 0 radical (unpaired) electrons. The SMILES string of the molecule is CN(C)c1ccc(C(N)=O)cc1Br. The molecule has 3 nitrogen and oxygen atoms in total. The summed E-state index contributed by atoms with van der Waals surface area (Å²) < 4.78 is 0.869. The average Bonchev–Trinajstić information content (AvgIpc) is 2.03. The van der Waals surface area contributed by atoms with Gasteiger partial charge in [-0.15, -0.1) is 0 Å². The summed E-state index contributed by atoms with van der Waals surface area (Å²) in [5.41, 5.74) is 6.67. The van der Waals surface area contributed by atoms with Crippen LogP contribution in [0.25, 0.3) is 0 Å². The van der Waals surface area contributed by atoms with Crippen molar-refractivity contribution in [3.05, 3.63) is 28.2 Å². The van der Waals surface area contributed by atoms with Crippen molar-refractivity contribution in [1.82, 2.24) is 0 Å². The van der Waals surface area contributed by atoms with Crippen LogP contribution in [0.4, 0.5) is 5.69 Å². The minimum Gasteiger partial charge on any atom is -0.377 e. The van der Waals surface area contributed by atoms with Gasteiger partial charge < -0.3 is 10.6 Å². The second-order valence-corrected chi connectivity index (χ2v) is 3.78. The van der Waals surface area contributed by atoms with Crippen LogP contribution in [0.5, 0.6) is 0 Å². The Bertz CT molecular complexity index is 336. The molecule has 13 heavy (non-hydrogen) atoms. The minimum absolute atomic E-state index is 0.411. The Kier molecular flexibility index (Phi) is 2.93. The Labute approximate surface area is 85.7 Å². The fourth-order valence-electron chi connectivity index (χ4n) is 1.02. The lowest BCUT2D eigenvalue weighted by Crippen LogP contribution is -2.13. The Hall–Kier alpha value is -1.03. The molecule has 1 aromatic carbocycles. The van der Waals surface area contributed by atoms with E-state index in [1.165, 1.54) is 0 Å². The van der Waals surface area contributed by atoms with Gasteiger partial charge in [-0.1, -0.05) is 0 Å². The Morgan fingerprint density at radius 3 is 2.46 bits per heavy atom. The first-order chi connectivity index (χ1) is 6.02. The molecule has 2 N–H and O–H groups in total. The second-order valence-electron chi connectivity index (χ2n) is 2.92. The molecule has 4 heteroatoms. The number of carbonyl (C=O) groups is 1. The van der Waals surface area contributed by atoms with E-state index in [-0.39, 0.29) is 0 Å². The molecule has 0 aliphatic carbocycles. The lowest BCUT2D eigenvalue weighted by Gasteiger charge is -2.14. The molecule has 1 rings (SSSR count). The Balaban J connectivity index is 3.13. The number of amides is 1. The van der Waals surface area contributed by atoms with Crippen LogP contribution in [0, 0.1) is 0 Å². The van der Waals surface area contributed by atoms with Crippen LogP contribution in [0.1, 0.15) is 10.4 Å². The van der Waals surface area contributed by atoms with Crippen molar-refractivity contribution in [2.24, 2.45) is 5.73 Å². The van der Waals surface area contributed by atoms with Crippen molar-refractivity contribution in [1.29, 1.82) is 0 Å². The number of primary amides is 1. The zero-order chi connectivity index (χ0) is 10.0. The normalized spacial score (nSPS) is 9.77. The minimum atomic E-state index is -0.411. The highest BCUT2D eigenvalue weighted by molar-refractivity contribution is 9.10. The Morgan fingerprint density at radius 2 is 2.08 bits per heavy atom. The summed E-state index contributed by atoms with van der Waals surface area (Å²) in [6, 6.07) is 5.28. The third kappa shape index (κ3) is 2.21. The lowest BCUT2D eigenvalue weighted by molar-refractivity contribution is 0.100. The van der Waals surface area contributed by atoms with E-state index in [0.29, 0.717) is 5.56 Å². The van der Waals surface area contributed by atoms with Gasteiger partial charge >= 0.3 is 0 Å². The van der Waals surface area contributed by atoms with Gasteiger partial charge in [0.25, 0.3) is 0 Å². The summed E-state index contributed by atoms with van der Waals surface area (Å²) in [6.07, 6.45) is 0. The van der Waals surface area contributed by atoms with Crippen molar-refractivity contribution in [2.45, 2.75) is 0 Å². The van der Waals surface area contributed by atoms with Gasteiger partial charge in [-0.25, -0.2) is 0 Å². The number of halogens is 1. The average molecular weight is 243 g/mol. The van der Waals surface area contributed by atoms with E-state index >= 15 is 0 Å². The first-order valence-corrected chi connectivity index (χ1v) is 4.58. The van der Waals surface area contributed by atoms with Crippen molar-refractivity contribution >= 4 is 27.5 Å². The van der Waals surface area contributed by atoms with E-state index in [0.717, 1.165) is 10.2 Å². The van der Waals surface area contributed by atoms with E-state index in [9.17, 15) is 4.79 Å². The third-order valence-corrected chi connectivity index (χ3v) is 2.35. The molecule has 1 amide bonds. The molecular weight excluding hydrogens is 232 g/mol. The van der Waals surface area contributed by atoms with Crippen LogP contribution in [0.3, 0.4) is 0 Å². The molecule has 70 valence electrons. The lowest BCUT2D eigenvalue weighted by atomic mass is 10.2. The zero-order valence-corrected chi connectivity index (χ0v) is 9.13. The molecule has 0 unspecified atom stereocenters. The predicted octanol–water partition coefficient (Wildman–Crippen LogP) is 1.61. The first kappa shape index (κ1) is 10.1. The highest BCUT2D eigenvalue weighted by Crippen LogP contribution is 2.25. The van der Waals surface area contributed by atoms with E-state index in [2.05, 4.69) is 15.9 Å². The number of nitrogens with two attached hydrogens (primary N) is 1. The van der Waals surface area contributed by atoms with Crippen LogP contribution in [-0.4, -0.2) is 20.0 Å². The number of hydrogen-bond donors (Lipinski definition) is 1. The van der Waals surface area contributed by atoms with Gasteiger partial charge in [-0.3, -0.25) is 4.79 Å². The third-order valence-electron chi connectivity index (χ3n) is 1.71. The molecule has 0 saturated heterocycles. The summed E-state index contributed by atoms with van der Waals surface area (Å²) in [5, 5.41) is 0. The molecule has 0 fully saturated rings. The maximum Gasteiger partial charge on any atom is 0.248 e. The largest absolute Gasteiger partial charge is 0.377 e. The zero-order valence-electron chi connectivity index (χ0n) is 7.54. The molecule has 0 aliphatic rings. The summed E-state index contributed by atoms with van der Waals surface area (Å²) in [6.45, 7) is 0. The van der Waals surface area contributed by atoms with Gasteiger partial charge in [0.1, 0.15) is 0 Å². The van der Waals surface area contributed by atoms with Gasteiger partial charge in [-0.05, 0) is 34.1 Å². The molecule has 0 atom stereocenters. The number of rotatable bonds is 2. The van der Waals surface area contributed by atoms with Crippen LogP contribution in [0.15, 0.2) is 22.7 Å². The molecular formula is C9H11BrN2O. The van der Waals surface area contributed by atoms with E-state index in [1.807, 2.05) is 25.1 Å². The monoisotopic (exact) mass is 242 g/mol. The highest BCUT2D eigenvalue weighted by Gasteiger charge is 2.05. The maximum absolute atomic E-state index is 10.8. The summed E-state index contributed by atoms with van der Waals surface area (Å²) in [5.74, 6) is -0.411. The van der Waals surface area contributed by atoms with Crippen molar-refractivity contribution in [3.8, 4) is 0 Å². The molecule has 1 aromatic rings. The summed E-state index contributed by atoms with van der Waals surface area (Å²) >= 11 is 3.37. The second kappa shape index (κ2) is 3.79. The number of hydrogen-bond acceptors (Lipinski definition) is 2. The number of carbonyl (C=O) groups excluding carboxylic acids is 1. The van der Waals surface area contributed by atoms with Crippen LogP contribution < -0.4 is 10.6 Å². The van der Waals surface area contributed by atoms with Crippen LogP contribution >= 0.6 is 15.9 Å². The van der Waals surface area contributed by atoms with Gasteiger partial charge in [0.2, 0.25) is 5.91 Å². The summed E-state index contributed by atoms with van der Waals surface area (Å²) in [4.78, 5) is 12.8. The Morgan fingerprint density at radius 1 is 1.46 bits per heavy atom. The van der Waals surface area contributed by atoms with Crippen LogP contribution in [-0.2, 0) is 0 Å². The number of benzene rings is 1. The van der Waals surface area contributed by atoms with E-state index in [4.69, 9.17) is 5.73 Å². The van der Waals surface area contributed by atoms with Crippen molar-refractivity contribution < 1.29 is 4.79 Å². The first-order valence-electron chi connectivity index (χ1n) is 3.79. The van der Waals surface area contributed by atoms with Crippen molar-refractivity contribution in [3.63, 3.8) is 0 Å². The topological polar surface area (TPSA) is 46.3 Å². The molecule has 0 bridgehead atoms. The molecule has 0 aliphatic heterocycles. The fourth-order valence-corrected chi connectivity index (χ4v) is 1.76. The maximum atomic E-state index is 10.8.